The number of aryl methyl sites for hydroxylation is 1. The third-order valence-electron chi connectivity index (χ3n) is 5.30. The molecule has 0 amide bonds. The monoisotopic (exact) mass is 292 g/mol. The molecule has 5 heteroatoms. The summed E-state index contributed by atoms with van der Waals surface area (Å²) in [7, 11) is 0. The minimum absolute atomic E-state index is 0.398. The second kappa shape index (κ2) is 6.88. The Labute approximate surface area is 127 Å². The summed E-state index contributed by atoms with van der Waals surface area (Å²) in [5.74, 6) is 1.09. The van der Waals surface area contributed by atoms with Crippen molar-refractivity contribution in [3.05, 3.63) is 12.2 Å². The first-order valence-corrected chi connectivity index (χ1v) is 8.52. The maximum Gasteiger partial charge on any atom is 0.134 e. The standard InChI is InChI=1S/C16H28N4O/c1-2-20-13-18-19-15(20)6-10-17-14-7-11-21-12-16(14)8-4-3-5-9-16/h13-14,17H,2-12H2,1H3. The first-order chi connectivity index (χ1) is 10.3. The van der Waals surface area contributed by atoms with E-state index in [-0.39, 0.29) is 0 Å². The maximum atomic E-state index is 5.82. The molecular formula is C16H28N4O. The van der Waals surface area contributed by atoms with E-state index in [1.165, 1.54) is 32.1 Å². The molecule has 1 N–H and O–H groups in total. The second-order valence-corrected chi connectivity index (χ2v) is 6.55. The molecule has 2 aliphatic rings. The third-order valence-corrected chi connectivity index (χ3v) is 5.30. The largest absolute Gasteiger partial charge is 0.381 e. The van der Waals surface area contributed by atoms with Crippen LogP contribution in [0.15, 0.2) is 6.33 Å². The van der Waals surface area contributed by atoms with Crippen LogP contribution in [0.25, 0.3) is 0 Å². The number of aromatic nitrogens is 3. The van der Waals surface area contributed by atoms with E-state index in [1.54, 1.807) is 0 Å². The van der Waals surface area contributed by atoms with Crippen LogP contribution in [0.1, 0.15) is 51.3 Å². The van der Waals surface area contributed by atoms with Crippen molar-refractivity contribution in [3.8, 4) is 0 Å². The van der Waals surface area contributed by atoms with Crippen molar-refractivity contribution in [2.75, 3.05) is 19.8 Å². The summed E-state index contributed by atoms with van der Waals surface area (Å²) in [5.41, 5.74) is 0.398. The Hall–Kier alpha value is -0.940. The molecule has 21 heavy (non-hydrogen) atoms. The predicted molar refractivity (Wildman–Crippen MR) is 82.1 cm³/mol. The van der Waals surface area contributed by atoms with Gasteiger partial charge in [0, 0.05) is 37.6 Å². The Morgan fingerprint density at radius 3 is 3.05 bits per heavy atom. The van der Waals surface area contributed by atoms with E-state index in [9.17, 15) is 0 Å². The zero-order chi connectivity index (χ0) is 14.5. The number of nitrogens with zero attached hydrogens (tertiary/aromatic N) is 3. The zero-order valence-electron chi connectivity index (χ0n) is 13.2. The first-order valence-electron chi connectivity index (χ1n) is 8.52. The van der Waals surface area contributed by atoms with Crippen molar-refractivity contribution >= 4 is 0 Å². The SMILES string of the molecule is CCn1cnnc1CCNC1CCOCC12CCCCC2. The van der Waals surface area contributed by atoms with E-state index < -0.39 is 0 Å². The molecule has 1 saturated heterocycles. The molecule has 1 aromatic heterocycles. The van der Waals surface area contributed by atoms with Crippen LogP contribution in [0, 0.1) is 5.41 Å². The molecular weight excluding hydrogens is 264 g/mol. The number of hydrogen-bond donors (Lipinski definition) is 1. The van der Waals surface area contributed by atoms with Gasteiger partial charge >= 0.3 is 0 Å². The Kier molecular flexibility index (Phi) is 4.91. The molecule has 118 valence electrons. The normalized spacial score (nSPS) is 25.3. The fourth-order valence-corrected chi connectivity index (χ4v) is 4.05. The summed E-state index contributed by atoms with van der Waals surface area (Å²) in [5, 5.41) is 12.0. The van der Waals surface area contributed by atoms with Crippen molar-refractivity contribution in [2.45, 2.75) is 64.5 Å². The molecule has 1 unspecified atom stereocenters. The molecule has 2 heterocycles. The zero-order valence-corrected chi connectivity index (χ0v) is 13.2. The van der Waals surface area contributed by atoms with E-state index in [1.807, 2.05) is 6.33 Å². The van der Waals surface area contributed by atoms with Gasteiger partial charge in [0.15, 0.2) is 0 Å². The van der Waals surface area contributed by atoms with Gasteiger partial charge in [0.2, 0.25) is 0 Å². The van der Waals surface area contributed by atoms with Gasteiger partial charge in [-0.1, -0.05) is 19.3 Å². The lowest BCUT2D eigenvalue weighted by Gasteiger charge is -2.47. The number of rotatable bonds is 5. The van der Waals surface area contributed by atoms with Crippen molar-refractivity contribution in [1.82, 2.24) is 20.1 Å². The second-order valence-electron chi connectivity index (χ2n) is 6.55. The van der Waals surface area contributed by atoms with Crippen molar-refractivity contribution < 1.29 is 4.74 Å². The molecule has 0 aromatic carbocycles. The summed E-state index contributed by atoms with van der Waals surface area (Å²) in [4.78, 5) is 0. The highest BCUT2D eigenvalue weighted by Crippen LogP contribution is 2.42. The fourth-order valence-electron chi connectivity index (χ4n) is 4.05. The van der Waals surface area contributed by atoms with Gasteiger partial charge in [-0.15, -0.1) is 10.2 Å². The van der Waals surface area contributed by atoms with Gasteiger partial charge in [-0.05, 0) is 26.2 Å². The average Bonchev–Trinajstić information content (AvgIpc) is 2.98. The summed E-state index contributed by atoms with van der Waals surface area (Å²) in [6.07, 6.45) is 10.7. The van der Waals surface area contributed by atoms with Crippen LogP contribution >= 0.6 is 0 Å². The highest BCUT2D eigenvalue weighted by Gasteiger charge is 2.41. The Morgan fingerprint density at radius 2 is 2.24 bits per heavy atom. The summed E-state index contributed by atoms with van der Waals surface area (Å²) in [6, 6.07) is 0.615. The van der Waals surface area contributed by atoms with Crippen LogP contribution in [-0.4, -0.2) is 40.6 Å². The number of ether oxygens (including phenoxy) is 1. The molecule has 1 saturated carbocycles. The number of nitrogens with one attached hydrogen (secondary N) is 1. The molecule has 1 spiro atoms. The Balaban J connectivity index is 1.55. The smallest absolute Gasteiger partial charge is 0.134 e. The Bertz CT molecular complexity index is 431. The lowest BCUT2D eigenvalue weighted by Crippen LogP contribution is -2.53. The fraction of sp³-hybridized carbons (Fsp3) is 0.875. The van der Waals surface area contributed by atoms with Gasteiger partial charge in [-0.25, -0.2) is 0 Å². The van der Waals surface area contributed by atoms with Gasteiger partial charge in [0.1, 0.15) is 12.2 Å². The molecule has 3 rings (SSSR count). The quantitative estimate of drug-likeness (QED) is 0.903. The van der Waals surface area contributed by atoms with Gasteiger partial charge in [-0.3, -0.25) is 0 Å². The van der Waals surface area contributed by atoms with Crippen molar-refractivity contribution in [2.24, 2.45) is 5.41 Å². The minimum Gasteiger partial charge on any atom is -0.381 e. The van der Waals surface area contributed by atoms with E-state index in [2.05, 4.69) is 27.0 Å². The van der Waals surface area contributed by atoms with Gasteiger partial charge in [0.25, 0.3) is 0 Å². The lowest BCUT2D eigenvalue weighted by atomic mass is 9.67. The van der Waals surface area contributed by atoms with Crippen LogP contribution in [0.5, 0.6) is 0 Å². The van der Waals surface area contributed by atoms with Gasteiger partial charge in [0.05, 0.1) is 6.61 Å². The molecule has 5 nitrogen and oxygen atoms in total. The van der Waals surface area contributed by atoms with E-state index in [4.69, 9.17) is 4.74 Å². The molecule has 1 aliphatic heterocycles. The first kappa shape index (κ1) is 15.0. The lowest BCUT2D eigenvalue weighted by molar-refractivity contribution is -0.0530. The molecule has 0 bridgehead atoms. The summed E-state index contributed by atoms with van der Waals surface area (Å²) in [6.45, 7) is 5.94. The summed E-state index contributed by atoms with van der Waals surface area (Å²) < 4.78 is 7.94. The summed E-state index contributed by atoms with van der Waals surface area (Å²) >= 11 is 0. The number of hydrogen-bond acceptors (Lipinski definition) is 4. The van der Waals surface area contributed by atoms with Crippen LogP contribution < -0.4 is 5.32 Å². The highest BCUT2D eigenvalue weighted by molar-refractivity contribution is 4.96. The predicted octanol–water partition coefficient (Wildman–Crippen LogP) is 2.17. The third kappa shape index (κ3) is 3.29. The molecule has 1 atom stereocenters. The Morgan fingerprint density at radius 1 is 1.38 bits per heavy atom. The van der Waals surface area contributed by atoms with E-state index in [0.717, 1.165) is 45.0 Å². The molecule has 2 fully saturated rings. The van der Waals surface area contributed by atoms with Gasteiger partial charge < -0.3 is 14.6 Å². The molecule has 0 radical (unpaired) electrons. The van der Waals surface area contributed by atoms with Crippen LogP contribution in [0.3, 0.4) is 0 Å². The van der Waals surface area contributed by atoms with E-state index >= 15 is 0 Å². The minimum atomic E-state index is 0.398. The molecule has 1 aliphatic carbocycles. The van der Waals surface area contributed by atoms with Crippen LogP contribution in [0.4, 0.5) is 0 Å². The van der Waals surface area contributed by atoms with Crippen LogP contribution in [0.2, 0.25) is 0 Å². The topological polar surface area (TPSA) is 52.0 Å². The van der Waals surface area contributed by atoms with Crippen molar-refractivity contribution in [3.63, 3.8) is 0 Å². The maximum absolute atomic E-state index is 5.82. The van der Waals surface area contributed by atoms with E-state index in [0.29, 0.717) is 11.5 Å². The molecule has 1 aromatic rings. The van der Waals surface area contributed by atoms with Crippen molar-refractivity contribution in [1.29, 1.82) is 0 Å². The van der Waals surface area contributed by atoms with Gasteiger partial charge in [-0.2, -0.15) is 0 Å². The highest BCUT2D eigenvalue weighted by atomic mass is 16.5. The average molecular weight is 292 g/mol. The van der Waals surface area contributed by atoms with Crippen LogP contribution in [-0.2, 0) is 17.7 Å².